The van der Waals surface area contributed by atoms with E-state index in [2.05, 4.69) is 38.8 Å². The molecule has 172 valence electrons. The highest BCUT2D eigenvalue weighted by molar-refractivity contribution is 9.12. The molecule has 6 heteroatoms. The predicted octanol–water partition coefficient (Wildman–Crippen LogP) is 6.78. The number of hydrogen-bond acceptors (Lipinski definition) is 2. The number of carbonyl (C=O) groups excluding carboxylic acids is 1. The van der Waals surface area contributed by atoms with Crippen molar-refractivity contribution in [2.24, 2.45) is 0 Å². The topological polar surface area (TPSA) is 43.4 Å². The van der Waals surface area contributed by atoms with Gasteiger partial charge in [-0.2, -0.15) is 0 Å². The van der Waals surface area contributed by atoms with E-state index >= 15 is 0 Å². The first-order valence-electron chi connectivity index (χ1n) is 12.0. The Labute approximate surface area is 196 Å². The molecule has 0 spiro atoms. The van der Waals surface area contributed by atoms with Crippen LogP contribution in [0, 0.1) is 5.21 Å². The molecule has 1 saturated heterocycles. The van der Waals surface area contributed by atoms with Gasteiger partial charge in [0.15, 0.2) is 0 Å². The van der Waals surface area contributed by atoms with Gasteiger partial charge < -0.3 is 14.8 Å². The van der Waals surface area contributed by atoms with Crippen LogP contribution in [0.1, 0.15) is 96.8 Å². The van der Waals surface area contributed by atoms with Crippen LogP contribution in [0.25, 0.3) is 0 Å². The van der Waals surface area contributed by atoms with Gasteiger partial charge in [-0.15, -0.1) is 0 Å². The van der Waals surface area contributed by atoms with Gasteiger partial charge in [-0.3, -0.25) is 4.79 Å². The number of alkyl halides is 2. The Morgan fingerprint density at radius 3 is 1.83 bits per heavy atom. The van der Waals surface area contributed by atoms with Crippen LogP contribution in [0.15, 0.2) is 0 Å². The minimum atomic E-state index is -0.202. The number of hydrogen-bond donors (Lipinski definition) is 0. The largest absolute Gasteiger partial charge is 0.633 e. The van der Waals surface area contributed by atoms with E-state index in [0.717, 1.165) is 12.8 Å². The first-order chi connectivity index (χ1) is 13.9. The third-order valence-electron chi connectivity index (χ3n) is 6.14. The molecule has 1 aliphatic heterocycles. The highest BCUT2D eigenvalue weighted by Gasteiger charge is 2.24. The molecule has 0 aromatic heterocycles. The average molecular weight is 540 g/mol. The second-order valence-electron chi connectivity index (χ2n) is 9.02. The summed E-state index contributed by atoms with van der Waals surface area (Å²) in [6.45, 7) is 4.58. The Morgan fingerprint density at radius 1 is 0.862 bits per heavy atom. The van der Waals surface area contributed by atoms with E-state index in [9.17, 15) is 10.0 Å². The summed E-state index contributed by atoms with van der Waals surface area (Å²) >= 11 is 7.74. The summed E-state index contributed by atoms with van der Waals surface area (Å²) in [7, 11) is 1.70. The number of hydroxylamine groups is 3. The molecule has 4 nitrogen and oxygen atoms in total. The molecular weight excluding hydrogens is 496 g/mol. The van der Waals surface area contributed by atoms with Gasteiger partial charge >= 0.3 is 0 Å². The summed E-state index contributed by atoms with van der Waals surface area (Å²) < 4.78 is -0.202. The maximum absolute atomic E-state index is 12.2. The number of rotatable bonds is 16. The summed E-state index contributed by atoms with van der Waals surface area (Å²) in [6, 6.07) is 0. The second kappa shape index (κ2) is 16.0. The van der Waals surface area contributed by atoms with E-state index in [-0.39, 0.29) is 10.6 Å². The van der Waals surface area contributed by atoms with Gasteiger partial charge in [0.25, 0.3) is 0 Å². The summed E-state index contributed by atoms with van der Waals surface area (Å²) in [5.41, 5.74) is 0. The monoisotopic (exact) mass is 538 g/mol. The molecular formula is C23H44Br2N2O2. The summed E-state index contributed by atoms with van der Waals surface area (Å²) in [5, 5.41) is 11.8. The van der Waals surface area contributed by atoms with Gasteiger partial charge in [0.2, 0.25) is 5.91 Å². The smallest absolute Gasteiger partial charge is 0.222 e. The third-order valence-corrected chi connectivity index (χ3v) is 9.04. The van der Waals surface area contributed by atoms with Crippen molar-refractivity contribution in [3.63, 3.8) is 0 Å². The van der Waals surface area contributed by atoms with Crippen LogP contribution in [0.5, 0.6) is 0 Å². The molecule has 0 saturated carbocycles. The van der Waals surface area contributed by atoms with E-state index in [4.69, 9.17) is 0 Å². The fraction of sp³-hybridized carbons (Fsp3) is 0.957. The maximum Gasteiger partial charge on any atom is 0.222 e. The van der Waals surface area contributed by atoms with Crippen molar-refractivity contribution < 1.29 is 9.44 Å². The summed E-state index contributed by atoms with van der Waals surface area (Å²) in [4.78, 5) is 15.3. The van der Waals surface area contributed by atoms with Crippen LogP contribution < -0.4 is 0 Å². The van der Waals surface area contributed by atoms with Gasteiger partial charge in [0.05, 0.1) is 33.2 Å². The van der Waals surface area contributed by atoms with Crippen molar-refractivity contribution in [1.82, 2.24) is 4.90 Å². The number of amides is 1. The summed E-state index contributed by atoms with van der Waals surface area (Å²) in [5.74, 6) is 0.238. The Bertz CT molecular complexity index is 425. The molecule has 0 aromatic rings. The lowest BCUT2D eigenvalue weighted by atomic mass is 10.0. The van der Waals surface area contributed by atoms with Crippen LogP contribution in [-0.2, 0) is 4.79 Å². The molecule has 0 N–H and O–H groups in total. The van der Waals surface area contributed by atoms with E-state index in [1.54, 1.807) is 7.05 Å². The molecule has 1 heterocycles. The SMILES string of the molecule is CCCCCCCC[C@@H](Br)[C@H](Br)CCCCCCCC(=O)N1CC[N+](C)([O-])CC1. The minimum absolute atomic E-state index is 0.202. The van der Waals surface area contributed by atoms with Gasteiger partial charge in [-0.25, -0.2) is 0 Å². The molecule has 0 radical (unpaired) electrons. The molecule has 0 bridgehead atoms. The van der Waals surface area contributed by atoms with E-state index < -0.39 is 0 Å². The number of carbonyl (C=O) groups is 1. The number of nitrogens with zero attached hydrogens (tertiary/aromatic N) is 2. The normalized spacial score (nSPS) is 18.6. The van der Waals surface area contributed by atoms with E-state index in [1.165, 1.54) is 70.6 Å². The average Bonchev–Trinajstić information content (AvgIpc) is 2.69. The molecule has 29 heavy (non-hydrogen) atoms. The second-order valence-corrected chi connectivity index (χ2v) is 11.4. The number of quaternary nitrogens is 1. The first kappa shape index (κ1) is 27.4. The highest BCUT2D eigenvalue weighted by atomic mass is 79.9. The van der Waals surface area contributed by atoms with Crippen LogP contribution in [-0.4, -0.2) is 58.3 Å². The molecule has 0 aromatic carbocycles. The van der Waals surface area contributed by atoms with Crippen molar-refractivity contribution >= 4 is 37.8 Å². The molecule has 2 atom stereocenters. The Balaban J connectivity index is 1.94. The zero-order valence-electron chi connectivity index (χ0n) is 18.8. The Hall–Kier alpha value is 0.350. The lowest BCUT2D eigenvalue weighted by Crippen LogP contribution is -2.55. The molecule has 1 amide bonds. The standard InChI is InChI=1S/C23H44Br2N2O2/c1-3-4-5-6-8-11-14-21(24)22(25)15-12-9-7-10-13-16-23(28)26-17-19-27(2,29)20-18-26/h21-22H,3-20H2,1-2H3/t21-,22-/m1/s1. The van der Waals surface area contributed by atoms with Gasteiger partial charge in [-0.1, -0.05) is 103 Å². The molecule has 0 aliphatic carbocycles. The number of unbranched alkanes of at least 4 members (excludes halogenated alkanes) is 9. The quantitative estimate of drug-likeness (QED) is 0.0938. The lowest BCUT2D eigenvalue weighted by molar-refractivity contribution is -0.864. The van der Waals surface area contributed by atoms with Crippen LogP contribution in [0.2, 0.25) is 0 Å². The summed E-state index contributed by atoms with van der Waals surface area (Å²) in [6.07, 6.45) is 17.2. The van der Waals surface area contributed by atoms with Gasteiger partial charge in [0.1, 0.15) is 0 Å². The van der Waals surface area contributed by atoms with Crippen molar-refractivity contribution in [3.05, 3.63) is 5.21 Å². The van der Waals surface area contributed by atoms with E-state index in [0.29, 0.717) is 42.3 Å². The fourth-order valence-electron chi connectivity index (χ4n) is 3.92. The van der Waals surface area contributed by atoms with Crippen molar-refractivity contribution in [2.75, 3.05) is 33.2 Å². The third kappa shape index (κ3) is 13.4. The fourth-order valence-corrected chi connectivity index (χ4v) is 5.10. The number of likely N-dealkylation sites (N-methyl/N-ethyl adjacent to an activating group) is 1. The molecule has 1 fully saturated rings. The maximum atomic E-state index is 12.2. The Kier molecular flexibility index (Phi) is 15.2. The number of halogens is 2. The predicted molar refractivity (Wildman–Crippen MR) is 132 cm³/mol. The zero-order valence-corrected chi connectivity index (χ0v) is 22.0. The minimum Gasteiger partial charge on any atom is -0.633 e. The van der Waals surface area contributed by atoms with Crippen molar-refractivity contribution in [1.29, 1.82) is 0 Å². The van der Waals surface area contributed by atoms with Crippen molar-refractivity contribution in [3.8, 4) is 0 Å². The van der Waals surface area contributed by atoms with Crippen LogP contribution >= 0.6 is 31.9 Å². The van der Waals surface area contributed by atoms with Crippen molar-refractivity contribution in [2.45, 2.75) is 106 Å². The van der Waals surface area contributed by atoms with E-state index in [1.807, 2.05) is 4.90 Å². The molecule has 1 aliphatic rings. The van der Waals surface area contributed by atoms with Gasteiger partial charge in [-0.05, 0) is 19.3 Å². The Morgan fingerprint density at radius 2 is 1.31 bits per heavy atom. The lowest BCUT2D eigenvalue weighted by Gasteiger charge is -2.45. The highest BCUT2D eigenvalue weighted by Crippen LogP contribution is 2.25. The van der Waals surface area contributed by atoms with Crippen LogP contribution in [0.3, 0.4) is 0 Å². The van der Waals surface area contributed by atoms with Crippen LogP contribution in [0.4, 0.5) is 0 Å². The van der Waals surface area contributed by atoms with Gasteiger partial charge in [0, 0.05) is 16.1 Å². The molecule has 0 unspecified atom stereocenters. The number of piperazine rings is 1. The zero-order chi connectivity index (χ0) is 21.5. The first-order valence-corrected chi connectivity index (χ1v) is 13.8. The molecule has 1 rings (SSSR count).